The van der Waals surface area contributed by atoms with E-state index < -0.39 is 30.3 Å². The maximum absolute atomic E-state index is 13.2. The SMILES string of the molecule is CN(CC(F)F)c1c(F)cc(N)cc1F. The van der Waals surface area contributed by atoms with Crippen LogP contribution in [-0.2, 0) is 0 Å². The Hall–Kier alpha value is -1.46. The minimum Gasteiger partial charge on any atom is -0.399 e. The van der Waals surface area contributed by atoms with Crippen LogP contribution in [0.25, 0.3) is 0 Å². The minimum atomic E-state index is -2.66. The van der Waals surface area contributed by atoms with Gasteiger partial charge in [-0.2, -0.15) is 0 Å². The first-order valence-corrected chi connectivity index (χ1v) is 4.15. The van der Waals surface area contributed by atoms with Crippen molar-refractivity contribution in [2.75, 3.05) is 24.2 Å². The highest BCUT2D eigenvalue weighted by Crippen LogP contribution is 2.25. The van der Waals surface area contributed by atoms with E-state index in [9.17, 15) is 17.6 Å². The molecule has 0 aliphatic heterocycles. The first-order valence-electron chi connectivity index (χ1n) is 4.15. The Kier molecular flexibility index (Phi) is 3.39. The maximum Gasteiger partial charge on any atom is 0.255 e. The van der Waals surface area contributed by atoms with Gasteiger partial charge in [0.2, 0.25) is 0 Å². The average Bonchev–Trinajstić information content (AvgIpc) is 1.99. The number of rotatable bonds is 3. The van der Waals surface area contributed by atoms with Crippen molar-refractivity contribution >= 4 is 11.4 Å². The van der Waals surface area contributed by atoms with Crippen molar-refractivity contribution in [1.29, 1.82) is 0 Å². The highest BCUT2D eigenvalue weighted by atomic mass is 19.3. The molecule has 0 amide bonds. The summed E-state index contributed by atoms with van der Waals surface area (Å²) in [6, 6.07) is 1.78. The molecule has 0 aromatic heterocycles. The number of alkyl halides is 2. The highest BCUT2D eigenvalue weighted by Gasteiger charge is 2.17. The van der Waals surface area contributed by atoms with Gasteiger partial charge in [-0.05, 0) is 12.1 Å². The van der Waals surface area contributed by atoms with Crippen LogP contribution in [0, 0.1) is 11.6 Å². The zero-order valence-corrected chi connectivity index (χ0v) is 7.98. The van der Waals surface area contributed by atoms with Crippen molar-refractivity contribution in [1.82, 2.24) is 0 Å². The van der Waals surface area contributed by atoms with Gasteiger partial charge in [0.1, 0.15) is 5.69 Å². The van der Waals surface area contributed by atoms with Crippen LogP contribution >= 0.6 is 0 Å². The fourth-order valence-electron chi connectivity index (χ4n) is 1.25. The molecule has 1 rings (SSSR count). The van der Waals surface area contributed by atoms with Crippen LogP contribution in [0.5, 0.6) is 0 Å². The number of hydrogen-bond donors (Lipinski definition) is 1. The van der Waals surface area contributed by atoms with E-state index in [0.29, 0.717) is 0 Å². The van der Waals surface area contributed by atoms with Crippen molar-refractivity contribution in [3.63, 3.8) is 0 Å². The van der Waals surface area contributed by atoms with Crippen molar-refractivity contribution < 1.29 is 17.6 Å². The van der Waals surface area contributed by atoms with Crippen LogP contribution in [-0.4, -0.2) is 20.0 Å². The molecule has 2 N–H and O–H groups in total. The van der Waals surface area contributed by atoms with E-state index in [1.54, 1.807) is 0 Å². The molecule has 0 fully saturated rings. The second kappa shape index (κ2) is 4.37. The van der Waals surface area contributed by atoms with Crippen LogP contribution in [0.3, 0.4) is 0 Å². The summed E-state index contributed by atoms with van der Waals surface area (Å²) in [5.41, 5.74) is 4.60. The Bertz CT molecular complexity index is 331. The Balaban J connectivity index is 3.03. The third kappa shape index (κ3) is 2.74. The lowest BCUT2D eigenvalue weighted by Gasteiger charge is -2.20. The number of hydrogen-bond acceptors (Lipinski definition) is 2. The standard InChI is InChI=1S/C9H10F4N2/c1-15(4-8(12)13)9-6(10)2-5(14)3-7(9)11/h2-3,8H,4,14H2,1H3. The molecule has 2 nitrogen and oxygen atoms in total. The first-order chi connectivity index (χ1) is 6.91. The molecule has 84 valence electrons. The van der Waals surface area contributed by atoms with Gasteiger partial charge in [-0.25, -0.2) is 17.6 Å². The Morgan fingerprint density at radius 3 is 2.13 bits per heavy atom. The molecule has 1 aromatic rings. The molecule has 0 aliphatic carbocycles. The largest absolute Gasteiger partial charge is 0.399 e. The maximum atomic E-state index is 13.2. The quantitative estimate of drug-likeness (QED) is 0.627. The number of benzene rings is 1. The highest BCUT2D eigenvalue weighted by molar-refractivity contribution is 5.55. The number of nitrogen functional groups attached to an aromatic ring is 1. The van der Waals surface area contributed by atoms with E-state index >= 15 is 0 Å². The normalized spacial score (nSPS) is 10.8. The van der Waals surface area contributed by atoms with E-state index in [1.807, 2.05) is 0 Å². The van der Waals surface area contributed by atoms with Gasteiger partial charge in [-0.15, -0.1) is 0 Å². The van der Waals surface area contributed by atoms with E-state index in [-0.39, 0.29) is 5.69 Å². The third-order valence-corrected chi connectivity index (χ3v) is 1.83. The zero-order valence-electron chi connectivity index (χ0n) is 7.98. The smallest absolute Gasteiger partial charge is 0.255 e. The molecule has 0 unspecified atom stereocenters. The van der Waals surface area contributed by atoms with Crippen LogP contribution in [0.2, 0.25) is 0 Å². The first kappa shape index (κ1) is 11.6. The van der Waals surface area contributed by atoms with Gasteiger partial charge in [-0.1, -0.05) is 0 Å². The summed E-state index contributed by atoms with van der Waals surface area (Å²) >= 11 is 0. The van der Waals surface area contributed by atoms with Gasteiger partial charge in [0, 0.05) is 12.7 Å². The summed E-state index contributed by atoms with van der Waals surface area (Å²) in [5, 5.41) is 0. The van der Waals surface area contributed by atoms with Gasteiger partial charge in [0.05, 0.1) is 6.54 Å². The van der Waals surface area contributed by atoms with Crippen LogP contribution < -0.4 is 10.6 Å². The second-order valence-electron chi connectivity index (χ2n) is 3.10. The molecule has 15 heavy (non-hydrogen) atoms. The fourth-order valence-corrected chi connectivity index (χ4v) is 1.25. The summed E-state index contributed by atoms with van der Waals surface area (Å²) in [5.74, 6) is -1.90. The van der Waals surface area contributed by atoms with Gasteiger partial charge in [0.25, 0.3) is 6.43 Å². The molecule has 6 heteroatoms. The summed E-state index contributed by atoms with van der Waals surface area (Å²) in [6.45, 7) is -0.738. The predicted molar refractivity (Wildman–Crippen MR) is 50.0 cm³/mol. The molecule has 0 atom stereocenters. The predicted octanol–water partition coefficient (Wildman–Crippen LogP) is 2.25. The number of nitrogens with zero attached hydrogens (tertiary/aromatic N) is 1. The monoisotopic (exact) mass is 222 g/mol. The molecule has 0 aliphatic rings. The van der Waals surface area contributed by atoms with Crippen molar-refractivity contribution in [3.8, 4) is 0 Å². The molecular weight excluding hydrogens is 212 g/mol. The average molecular weight is 222 g/mol. The summed E-state index contributed by atoms with van der Waals surface area (Å²) < 4.78 is 50.4. The minimum absolute atomic E-state index is 0.0841. The lowest BCUT2D eigenvalue weighted by Crippen LogP contribution is -2.26. The van der Waals surface area contributed by atoms with Gasteiger partial charge < -0.3 is 10.6 Å². The number of halogens is 4. The number of nitrogens with two attached hydrogens (primary N) is 1. The third-order valence-electron chi connectivity index (χ3n) is 1.83. The molecule has 0 heterocycles. The van der Waals surface area contributed by atoms with Crippen molar-refractivity contribution in [3.05, 3.63) is 23.8 Å². The Morgan fingerprint density at radius 1 is 1.27 bits per heavy atom. The molecular formula is C9H10F4N2. The summed E-state index contributed by atoms with van der Waals surface area (Å²) in [6.07, 6.45) is -2.66. The van der Waals surface area contributed by atoms with Gasteiger partial charge in [0.15, 0.2) is 11.6 Å². The number of anilines is 2. The summed E-state index contributed by atoms with van der Waals surface area (Å²) in [4.78, 5) is 0.814. The zero-order chi connectivity index (χ0) is 11.6. The lowest BCUT2D eigenvalue weighted by atomic mass is 10.2. The molecule has 0 radical (unpaired) electrons. The molecule has 0 saturated heterocycles. The second-order valence-corrected chi connectivity index (χ2v) is 3.10. The molecule has 0 bridgehead atoms. The van der Waals surface area contributed by atoms with E-state index in [2.05, 4.69) is 0 Å². The van der Waals surface area contributed by atoms with Crippen molar-refractivity contribution in [2.45, 2.75) is 6.43 Å². The van der Waals surface area contributed by atoms with Gasteiger partial charge >= 0.3 is 0 Å². The lowest BCUT2D eigenvalue weighted by molar-refractivity contribution is 0.156. The molecule has 0 saturated carbocycles. The van der Waals surface area contributed by atoms with Crippen LogP contribution in [0.4, 0.5) is 28.9 Å². The van der Waals surface area contributed by atoms with Gasteiger partial charge in [-0.3, -0.25) is 0 Å². The van der Waals surface area contributed by atoms with E-state index in [4.69, 9.17) is 5.73 Å². The van der Waals surface area contributed by atoms with E-state index in [1.165, 1.54) is 7.05 Å². The van der Waals surface area contributed by atoms with Crippen LogP contribution in [0.15, 0.2) is 12.1 Å². The fraction of sp³-hybridized carbons (Fsp3) is 0.333. The van der Waals surface area contributed by atoms with E-state index in [0.717, 1.165) is 17.0 Å². The van der Waals surface area contributed by atoms with Crippen LogP contribution in [0.1, 0.15) is 0 Å². The summed E-state index contributed by atoms with van der Waals surface area (Å²) in [7, 11) is 1.18. The van der Waals surface area contributed by atoms with Crippen molar-refractivity contribution in [2.24, 2.45) is 0 Å². The topological polar surface area (TPSA) is 29.3 Å². The molecule has 0 spiro atoms. The Morgan fingerprint density at radius 2 is 1.73 bits per heavy atom. The Labute approximate surface area is 84.3 Å². The molecule has 1 aromatic carbocycles.